The molecule has 0 aromatic heterocycles. The Balaban J connectivity index is 1.85. The average Bonchev–Trinajstić information content (AvgIpc) is 2.86. The van der Waals surface area contributed by atoms with Crippen molar-refractivity contribution in [2.45, 2.75) is 52.5 Å². The normalized spacial score (nSPS) is 39.4. The van der Waals surface area contributed by atoms with Crippen LogP contribution in [0.4, 0.5) is 0 Å². The molecule has 2 saturated carbocycles. The maximum absolute atomic E-state index is 12.6. The van der Waals surface area contributed by atoms with Gasteiger partial charge in [0, 0.05) is 18.0 Å². The van der Waals surface area contributed by atoms with Crippen molar-refractivity contribution in [1.29, 1.82) is 0 Å². The van der Waals surface area contributed by atoms with Gasteiger partial charge in [0.05, 0.1) is 12.3 Å². The molecule has 1 aliphatic heterocycles. The van der Waals surface area contributed by atoms with Crippen molar-refractivity contribution in [1.82, 2.24) is 9.62 Å². The maximum atomic E-state index is 12.6. The molecular formula is C15H26N2O3S. The van der Waals surface area contributed by atoms with E-state index in [9.17, 15) is 13.2 Å². The van der Waals surface area contributed by atoms with E-state index in [0.717, 1.165) is 25.7 Å². The largest absolute Gasteiger partial charge is 0.355 e. The van der Waals surface area contributed by atoms with Gasteiger partial charge in [-0.25, -0.2) is 8.42 Å². The van der Waals surface area contributed by atoms with Crippen LogP contribution in [0.25, 0.3) is 0 Å². The molecule has 2 bridgehead atoms. The first kappa shape index (κ1) is 15.3. The lowest BCUT2D eigenvalue weighted by molar-refractivity contribution is -0.121. The van der Waals surface area contributed by atoms with Crippen molar-refractivity contribution in [3.8, 4) is 0 Å². The number of hydrogen-bond donors (Lipinski definition) is 1. The second-order valence-electron chi connectivity index (χ2n) is 7.52. The molecule has 6 heteroatoms. The van der Waals surface area contributed by atoms with Crippen molar-refractivity contribution < 1.29 is 13.2 Å². The zero-order chi connectivity index (χ0) is 15.5. The number of nitrogens with one attached hydrogen (secondary N) is 1. The number of carbonyl (C=O) groups is 1. The minimum atomic E-state index is -3.31. The Bertz CT molecular complexity index is 557. The molecule has 0 aromatic rings. The van der Waals surface area contributed by atoms with Crippen molar-refractivity contribution in [2.24, 2.45) is 16.7 Å². The number of amides is 1. The highest BCUT2D eigenvalue weighted by Gasteiger charge is 2.71. The van der Waals surface area contributed by atoms with Gasteiger partial charge >= 0.3 is 0 Å². The van der Waals surface area contributed by atoms with Gasteiger partial charge in [-0.1, -0.05) is 20.8 Å². The smallest absolute Gasteiger partial charge is 0.235 e. The van der Waals surface area contributed by atoms with Gasteiger partial charge in [0.1, 0.15) is 0 Å². The Labute approximate surface area is 127 Å². The predicted octanol–water partition coefficient (Wildman–Crippen LogP) is 1.35. The van der Waals surface area contributed by atoms with Gasteiger partial charge in [0.25, 0.3) is 0 Å². The summed E-state index contributed by atoms with van der Waals surface area (Å²) in [6, 6.07) is 0.0311. The van der Waals surface area contributed by atoms with Gasteiger partial charge in [-0.15, -0.1) is 0 Å². The molecule has 1 saturated heterocycles. The van der Waals surface area contributed by atoms with E-state index < -0.39 is 10.0 Å². The Morgan fingerprint density at radius 1 is 1.38 bits per heavy atom. The third-order valence-corrected chi connectivity index (χ3v) is 8.38. The highest BCUT2D eigenvalue weighted by molar-refractivity contribution is 7.89. The van der Waals surface area contributed by atoms with Crippen LogP contribution in [0.2, 0.25) is 0 Å². The molecule has 0 radical (unpaired) electrons. The minimum absolute atomic E-state index is 0.00243. The van der Waals surface area contributed by atoms with E-state index in [0.29, 0.717) is 12.5 Å². The van der Waals surface area contributed by atoms with E-state index in [2.05, 4.69) is 19.2 Å². The molecule has 1 spiro atoms. The molecule has 1 amide bonds. The van der Waals surface area contributed by atoms with Crippen LogP contribution in [0.3, 0.4) is 0 Å². The van der Waals surface area contributed by atoms with Crippen LogP contribution in [0.5, 0.6) is 0 Å². The maximum Gasteiger partial charge on any atom is 0.235 e. The predicted molar refractivity (Wildman–Crippen MR) is 81.1 cm³/mol. The Morgan fingerprint density at radius 3 is 2.71 bits per heavy atom. The summed E-state index contributed by atoms with van der Waals surface area (Å²) in [5, 5.41) is 2.79. The second kappa shape index (κ2) is 4.69. The molecule has 0 unspecified atom stereocenters. The Hall–Kier alpha value is -0.620. The van der Waals surface area contributed by atoms with E-state index in [4.69, 9.17) is 0 Å². The van der Waals surface area contributed by atoms with E-state index in [-0.39, 0.29) is 35.1 Å². The quantitative estimate of drug-likeness (QED) is 0.852. The molecule has 21 heavy (non-hydrogen) atoms. The zero-order valence-electron chi connectivity index (χ0n) is 13.2. The van der Waals surface area contributed by atoms with E-state index in [1.165, 1.54) is 4.31 Å². The molecule has 3 atom stereocenters. The molecule has 2 aliphatic carbocycles. The number of fused-ring (bicyclic) bond motifs is 1. The standard InChI is InChI=1S/C15H26N2O3S/c1-4-7-16-13(18)9-17-12-8-11-5-6-15(12,14(11,2)3)10-21(17,19)20/h11-12H,4-10H2,1-3H3,(H,16,18)/t11-,12-,15-/m1/s1. The van der Waals surface area contributed by atoms with Crippen molar-refractivity contribution >= 4 is 15.9 Å². The summed E-state index contributed by atoms with van der Waals surface area (Å²) in [6.45, 7) is 7.04. The molecule has 1 N–H and O–H groups in total. The molecular weight excluding hydrogens is 288 g/mol. The third-order valence-electron chi connectivity index (χ3n) is 6.40. The summed E-state index contributed by atoms with van der Waals surface area (Å²) in [7, 11) is -3.31. The first-order chi connectivity index (χ1) is 9.74. The summed E-state index contributed by atoms with van der Waals surface area (Å²) < 4.78 is 26.7. The summed E-state index contributed by atoms with van der Waals surface area (Å²) in [4.78, 5) is 12.0. The fraction of sp³-hybridized carbons (Fsp3) is 0.933. The fourth-order valence-corrected chi connectivity index (χ4v) is 7.56. The van der Waals surface area contributed by atoms with Gasteiger partial charge in [0.15, 0.2) is 0 Å². The summed E-state index contributed by atoms with van der Waals surface area (Å²) in [5.74, 6) is 0.659. The number of rotatable bonds is 4. The first-order valence-corrected chi connectivity index (χ1v) is 9.62. The second-order valence-corrected chi connectivity index (χ2v) is 9.44. The number of sulfonamides is 1. The van der Waals surface area contributed by atoms with Crippen molar-refractivity contribution in [2.75, 3.05) is 18.8 Å². The summed E-state index contributed by atoms with van der Waals surface area (Å²) in [6.07, 6.45) is 3.91. The van der Waals surface area contributed by atoms with Crippen molar-refractivity contribution in [3.63, 3.8) is 0 Å². The topological polar surface area (TPSA) is 66.5 Å². The van der Waals surface area contributed by atoms with Gasteiger partial charge < -0.3 is 5.32 Å². The van der Waals surface area contributed by atoms with Crippen LogP contribution >= 0.6 is 0 Å². The van der Waals surface area contributed by atoms with E-state index in [1.54, 1.807) is 0 Å². The molecule has 3 fully saturated rings. The molecule has 3 rings (SSSR count). The molecule has 3 aliphatic rings. The highest BCUT2D eigenvalue weighted by Crippen LogP contribution is 2.69. The van der Waals surface area contributed by atoms with Crippen LogP contribution in [0.15, 0.2) is 0 Å². The van der Waals surface area contributed by atoms with Gasteiger partial charge in [-0.2, -0.15) is 4.31 Å². The van der Waals surface area contributed by atoms with E-state index in [1.807, 2.05) is 6.92 Å². The van der Waals surface area contributed by atoms with Gasteiger partial charge in [-0.3, -0.25) is 4.79 Å². The molecule has 120 valence electrons. The molecule has 0 aromatic carbocycles. The Kier molecular flexibility index (Phi) is 3.41. The lowest BCUT2D eigenvalue weighted by atomic mass is 9.69. The van der Waals surface area contributed by atoms with Crippen LogP contribution in [-0.4, -0.2) is 43.5 Å². The SMILES string of the molecule is CCCNC(=O)CN1[C@@H]2C[C@H]3CC[C@]2(CS1(=O)=O)C3(C)C. The van der Waals surface area contributed by atoms with Crippen LogP contribution in [0, 0.1) is 16.7 Å². The average molecular weight is 314 g/mol. The minimum Gasteiger partial charge on any atom is -0.355 e. The number of nitrogens with zero attached hydrogens (tertiary/aromatic N) is 1. The number of hydrogen-bond acceptors (Lipinski definition) is 3. The monoisotopic (exact) mass is 314 g/mol. The van der Waals surface area contributed by atoms with Crippen LogP contribution in [0.1, 0.15) is 46.5 Å². The lowest BCUT2D eigenvalue weighted by Gasteiger charge is -2.37. The third kappa shape index (κ3) is 1.98. The van der Waals surface area contributed by atoms with Crippen molar-refractivity contribution in [3.05, 3.63) is 0 Å². The number of carbonyl (C=O) groups excluding carboxylic acids is 1. The lowest BCUT2D eigenvalue weighted by Crippen LogP contribution is -2.45. The van der Waals surface area contributed by atoms with Gasteiger partial charge in [0.2, 0.25) is 15.9 Å². The molecule has 5 nitrogen and oxygen atoms in total. The highest BCUT2D eigenvalue weighted by atomic mass is 32.2. The van der Waals surface area contributed by atoms with Crippen LogP contribution < -0.4 is 5.32 Å². The van der Waals surface area contributed by atoms with Gasteiger partial charge in [-0.05, 0) is 37.0 Å². The summed E-state index contributed by atoms with van der Waals surface area (Å²) >= 11 is 0. The zero-order valence-corrected chi connectivity index (χ0v) is 14.0. The van der Waals surface area contributed by atoms with Crippen LogP contribution in [-0.2, 0) is 14.8 Å². The fourth-order valence-electron chi connectivity index (χ4n) is 5.05. The van der Waals surface area contributed by atoms with E-state index >= 15 is 0 Å². The molecule has 1 heterocycles. The Morgan fingerprint density at radius 2 is 2.10 bits per heavy atom. The summed E-state index contributed by atoms with van der Waals surface area (Å²) in [5.41, 5.74) is -0.0685. The first-order valence-electron chi connectivity index (χ1n) is 8.01.